The summed E-state index contributed by atoms with van der Waals surface area (Å²) >= 11 is 0. The lowest BCUT2D eigenvalue weighted by Crippen LogP contribution is -2.26. The Hall–Kier alpha value is -0.610. The zero-order chi connectivity index (χ0) is 9.14. The van der Waals surface area contributed by atoms with Crippen molar-refractivity contribution in [3.05, 3.63) is 0 Å². The van der Waals surface area contributed by atoms with Crippen LogP contribution >= 0.6 is 0 Å². The lowest BCUT2D eigenvalue weighted by molar-refractivity contribution is -0.152. The summed E-state index contributed by atoms with van der Waals surface area (Å²) in [6.45, 7) is 1.55. The van der Waals surface area contributed by atoms with Crippen LogP contribution in [-0.2, 0) is 9.53 Å². The van der Waals surface area contributed by atoms with Crippen LogP contribution in [0.4, 0.5) is 0 Å². The van der Waals surface area contributed by atoms with E-state index in [1.165, 1.54) is 0 Å². The summed E-state index contributed by atoms with van der Waals surface area (Å²) < 4.78 is 5.26. The van der Waals surface area contributed by atoms with Gasteiger partial charge in [0.1, 0.15) is 0 Å². The Kier molecular flexibility index (Phi) is 3.05. The van der Waals surface area contributed by atoms with Gasteiger partial charge in [0.2, 0.25) is 0 Å². The SMILES string of the molecule is CC(OC1CCC(N)C1)C(=O)O. The highest BCUT2D eigenvalue weighted by Gasteiger charge is 2.25. The Labute approximate surface area is 71.7 Å². The fraction of sp³-hybridized carbons (Fsp3) is 0.875. The molecule has 3 atom stereocenters. The number of hydrogen-bond acceptors (Lipinski definition) is 3. The largest absolute Gasteiger partial charge is 0.479 e. The van der Waals surface area contributed by atoms with Crippen molar-refractivity contribution in [3.63, 3.8) is 0 Å². The van der Waals surface area contributed by atoms with Crippen LogP contribution in [-0.4, -0.2) is 29.3 Å². The smallest absolute Gasteiger partial charge is 0.332 e. The first-order valence-electron chi connectivity index (χ1n) is 4.23. The predicted octanol–water partition coefficient (Wildman–Crippen LogP) is 0.356. The summed E-state index contributed by atoms with van der Waals surface area (Å²) in [4.78, 5) is 10.4. The molecule has 4 nitrogen and oxygen atoms in total. The maximum Gasteiger partial charge on any atom is 0.332 e. The van der Waals surface area contributed by atoms with E-state index in [9.17, 15) is 4.79 Å². The molecule has 1 fully saturated rings. The highest BCUT2D eigenvalue weighted by Crippen LogP contribution is 2.21. The first-order chi connectivity index (χ1) is 5.59. The van der Waals surface area contributed by atoms with Gasteiger partial charge in [0, 0.05) is 6.04 Å². The van der Waals surface area contributed by atoms with Gasteiger partial charge >= 0.3 is 5.97 Å². The lowest BCUT2D eigenvalue weighted by Gasteiger charge is -2.14. The zero-order valence-corrected chi connectivity index (χ0v) is 7.19. The van der Waals surface area contributed by atoms with Crippen LogP contribution in [0, 0.1) is 0 Å². The molecule has 1 rings (SSSR count). The fourth-order valence-corrected chi connectivity index (χ4v) is 1.44. The molecular formula is C8H15NO3. The van der Waals surface area contributed by atoms with Crippen molar-refractivity contribution >= 4 is 5.97 Å². The number of rotatable bonds is 3. The van der Waals surface area contributed by atoms with Crippen LogP contribution in [0.3, 0.4) is 0 Å². The van der Waals surface area contributed by atoms with Crippen molar-refractivity contribution in [2.24, 2.45) is 5.73 Å². The van der Waals surface area contributed by atoms with Gasteiger partial charge in [-0.3, -0.25) is 0 Å². The summed E-state index contributed by atoms with van der Waals surface area (Å²) in [5.41, 5.74) is 5.65. The van der Waals surface area contributed by atoms with E-state index in [1.54, 1.807) is 6.92 Å². The normalized spacial score (nSPS) is 31.8. The molecule has 0 radical (unpaired) electrons. The monoisotopic (exact) mass is 173 g/mol. The summed E-state index contributed by atoms with van der Waals surface area (Å²) in [7, 11) is 0. The summed E-state index contributed by atoms with van der Waals surface area (Å²) in [5, 5.41) is 8.55. The van der Waals surface area contributed by atoms with Gasteiger partial charge in [-0.2, -0.15) is 0 Å². The third kappa shape index (κ3) is 2.46. The molecule has 1 saturated carbocycles. The first kappa shape index (κ1) is 9.48. The highest BCUT2D eigenvalue weighted by atomic mass is 16.5. The van der Waals surface area contributed by atoms with Crippen LogP contribution in [0.1, 0.15) is 26.2 Å². The lowest BCUT2D eigenvalue weighted by atomic mass is 10.3. The van der Waals surface area contributed by atoms with E-state index >= 15 is 0 Å². The Bertz CT molecular complexity index is 172. The maximum atomic E-state index is 10.4. The molecule has 0 saturated heterocycles. The van der Waals surface area contributed by atoms with Gasteiger partial charge in [0.05, 0.1) is 6.10 Å². The van der Waals surface area contributed by atoms with Crippen molar-refractivity contribution in [1.29, 1.82) is 0 Å². The molecule has 0 aliphatic heterocycles. The average molecular weight is 173 g/mol. The van der Waals surface area contributed by atoms with Gasteiger partial charge < -0.3 is 15.6 Å². The minimum Gasteiger partial charge on any atom is -0.479 e. The van der Waals surface area contributed by atoms with Gasteiger partial charge in [-0.25, -0.2) is 4.79 Å². The van der Waals surface area contributed by atoms with E-state index in [0.29, 0.717) is 0 Å². The predicted molar refractivity (Wildman–Crippen MR) is 43.8 cm³/mol. The second-order valence-electron chi connectivity index (χ2n) is 3.31. The molecule has 0 aromatic rings. The number of carboxylic acid groups (broad SMARTS) is 1. The van der Waals surface area contributed by atoms with E-state index in [4.69, 9.17) is 15.6 Å². The number of ether oxygens (including phenoxy) is 1. The molecule has 1 aliphatic carbocycles. The molecule has 12 heavy (non-hydrogen) atoms. The van der Waals surface area contributed by atoms with Crippen LogP contribution in [0.15, 0.2) is 0 Å². The molecule has 3 N–H and O–H groups in total. The second-order valence-corrected chi connectivity index (χ2v) is 3.31. The quantitative estimate of drug-likeness (QED) is 0.646. The third-order valence-electron chi connectivity index (χ3n) is 2.17. The van der Waals surface area contributed by atoms with Crippen molar-refractivity contribution in [3.8, 4) is 0 Å². The molecular weight excluding hydrogens is 158 g/mol. The number of hydrogen-bond donors (Lipinski definition) is 2. The van der Waals surface area contributed by atoms with E-state index in [2.05, 4.69) is 0 Å². The molecule has 4 heteroatoms. The van der Waals surface area contributed by atoms with Crippen LogP contribution in [0.5, 0.6) is 0 Å². The summed E-state index contributed by atoms with van der Waals surface area (Å²) in [5.74, 6) is -0.907. The number of aliphatic carboxylic acids is 1. The Morgan fingerprint density at radius 1 is 1.67 bits per heavy atom. The van der Waals surface area contributed by atoms with E-state index in [-0.39, 0.29) is 12.1 Å². The van der Waals surface area contributed by atoms with Crippen molar-refractivity contribution in [2.75, 3.05) is 0 Å². The Morgan fingerprint density at radius 2 is 2.33 bits per heavy atom. The van der Waals surface area contributed by atoms with E-state index in [0.717, 1.165) is 19.3 Å². The minimum absolute atomic E-state index is 0.0473. The molecule has 0 heterocycles. The number of nitrogens with two attached hydrogens (primary N) is 1. The van der Waals surface area contributed by atoms with Crippen molar-refractivity contribution < 1.29 is 14.6 Å². The molecule has 0 aromatic carbocycles. The van der Waals surface area contributed by atoms with Crippen LogP contribution in [0.25, 0.3) is 0 Å². The van der Waals surface area contributed by atoms with Crippen molar-refractivity contribution in [1.82, 2.24) is 0 Å². The van der Waals surface area contributed by atoms with Crippen molar-refractivity contribution in [2.45, 2.75) is 44.4 Å². The topological polar surface area (TPSA) is 72.5 Å². The molecule has 0 spiro atoms. The molecule has 3 unspecified atom stereocenters. The van der Waals surface area contributed by atoms with Gasteiger partial charge in [-0.1, -0.05) is 0 Å². The zero-order valence-electron chi connectivity index (χ0n) is 7.19. The molecule has 1 aliphatic rings. The molecule has 0 amide bonds. The molecule has 0 bridgehead atoms. The summed E-state index contributed by atoms with van der Waals surface area (Å²) in [6.07, 6.45) is 1.96. The van der Waals surface area contributed by atoms with Crippen LogP contribution < -0.4 is 5.73 Å². The van der Waals surface area contributed by atoms with E-state index in [1.807, 2.05) is 0 Å². The molecule has 0 aromatic heterocycles. The average Bonchev–Trinajstić information content (AvgIpc) is 2.35. The fourth-order valence-electron chi connectivity index (χ4n) is 1.44. The van der Waals surface area contributed by atoms with Gasteiger partial charge in [-0.05, 0) is 26.2 Å². The standard InChI is InChI=1S/C8H15NO3/c1-5(8(10)11)12-7-3-2-6(9)4-7/h5-7H,2-4,9H2,1H3,(H,10,11). The Morgan fingerprint density at radius 3 is 2.75 bits per heavy atom. The van der Waals surface area contributed by atoms with Crippen LogP contribution in [0.2, 0.25) is 0 Å². The first-order valence-corrected chi connectivity index (χ1v) is 4.23. The third-order valence-corrected chi connectivity index (χ3v) is 2.17. The minimum atomic E-state index is -0.907. The number of carboxylic acids is 1. The van der Waals surface area contributed by atoms with E-state index < -0.39 is 12.1 Å². The second kappa shape index (κ2) is 3.87. The maximum absolute atomic E-state index is 10.4. The molecule has 70 valence electrons. The highest BCUT2D eigenvalue weighted by molar-refractivity contribution is 5.71. The van der Waals surface area contributed by atoms with Gasteiger partial charge in [-0.15, -0.1) is 0 Å². The number of carbonyl (C=O) groups is 1. The summed E-state index contributed by atoms with van der Waals surface area (Å²) in [6, 6.07) is 0.191. The Balaban J connectivity index is 2.27. The van der Waals surface area contributed by atoms with Gasteiger partial charge in [0.25, 0.3) is 0 Å². The van der Waals surface area contributed by atoms with Gasteiger partial charge in [0.15, 0.2) is 6.10 Å².